The first-order chi connectivity index (χ1) is 9.22. The molecule has 1 saturated heterocycles. The second-order valence-corrected chi connectivity index (χ2v) is 4.80. The molecule has 0 aromatic carbocycles. The third-order valence-electron chi connectivity index (χ3n) is 3.49. The summed E-state index contributed by atoms with van der Waals surface area (Å²) >= 11 is 0. The minimum atomic E-state index is -0.0773. The van der Waals surface area contributed by atoms with Crippen molar-refractivity contribution in [1.29, 1.82) is 0 Å². The standard InChI is InChI=1S/C13H22N4O2/c1-3-14-12-9-19-8-11(12)13(18)15-6-4-10-5-7-16-17(10)2/h5,7,11-12,14H,3-4,6,8-9H2,1-2H3,(H,15,18). The van der Waals surface area contributed by atoms with Crippen LogP contribution in [0.5, 0.6) is 0 Å². The lowest BCUT2D eigenvalue weighted by atomic mass is 10.0. The Balaban J connectivity index is 1.76. The van der Waals surface area contributed by atoms with Crippen LogP contribution in [-0.4, -0.2) is 48.0 Å². The number of amides is 1. The smallest absolute Gasteiger partial charge is 0.227 e. The van der Waals surface area contributed by atoms with Gasteiger partial charge in [0.05, 0.1) is 19.1 Å². The van der Waals surface area contributed by atoms with Gasteiger partial charge in [0.15, 0.2) is 0 Å². The zero-order valence-corrected chi connectivity index (χ0v) is 11.6. The first kappa shape index (κ1) is 14.0. The van der Waals surface area contributed by atoms with E-state index in [1.807, 2.05) is 24.7 Å². The minimum Gasteiger partial charge on any atom is -0.379 e. The van der Waals surface area contributed by atoms with Crippen LogP contribution in [0.3, 0.4) is 0 Å². The number of likely N-dealkylation sites (N-methyl/N-ethyl adjacent to an activating group) is 1. The van der Waals surface area contributed by atoms with E-state index in [4.69, 9.17) is 4.74 Å². The van der Waals surface area contributed by atoms with Crippen LogP contribution in [0.25, 0.3) is 0 Å². The number of nitrogens with one attached hydrogen (secondary N) is 2. The maximum Gasteiger partial charge on any atom is 0.227 e. The Labute approximate surface area is 113 Å². The molecular formula is C13H22N4O2. The second-order valence-electron chi connectivity index (χ2n) is 4.80. The molecule has 1 amide bonds. The quantitative estimate of drug-likeness (QED) is 0.742. The first-order valence-electron chi connectivity index (χ1n) is 6.78. The van der Waals surface area contributed by atoms with Crippen LogP contribution in [0.2, 0.25) is 0 Å². The van der Waals surface area contributed by atoms with Crippen LogP contribution in [0.1, 0.15) is 12.6 Å². The van der Waals surface area contributed by atoms with E-state index in [1.165, 1.54) is 0 Å². The predicted molar refractivity (Wildman–Crippen MR) is 71.7 cm³/mol. The molecule has 0 saturated carbocycles. The molecule has 0 aliphatic carbocycles. The number of hydrogen-bond acceptors (Lipinski definition) is 4. The van der Waals surface area contributed by atoms with Gasteiger partial charge in [-0.25, -0.2) is 0 Å². The minimum absolute atomic E-state index is 0.0746. The highest BCUT2D eigenvalue weighted by atomic mass is 16.5. The molecule has 1 aliphatic rings. The van der Waals surface area contributed by atoms with Gasteiger partial charge in [-0.05, 0) is 12.6 Å². The van der Waals surface area contributed by atoms with Crippen molar-refractivity contribution in [2.45, 2.75) is 19.4 Å². The second kappa shape index (κ2) is 6.68. The van der Waals surface area contributed by atoms with Crippen molar-refractivity contribution in [2.75, 3.05) is 26.3 Å². The predicted octanol–water partition coefficient (Wildman–Crippen LogP) is -0.297. The third-order valence-corrected chi connectivity index (χ3v) is 3.49. The number of hydrogen-bond donors (Lipinski definition) is 2. The summed E-state index contributed by atoms with van der Waals surface area (Å²) in [5.41, 5.74) is 1.12. The molecule has 1 fully saturated rings. The summed E-state index contributed by atoms with van der Waals surface area (Å²) < 4.78 is 7.20. The number of aromatic nitrogens is 2. The number of ether oxygens (including phenoxy) is 1. The molecule has 6 nitrogen and oxygen atoms in total. The lowest BCUT2D eigenvalue weighted by molar-refractivity contribution is -0.125. The summed E-state index contributed by atoms with van der Waals surface area (Å²) in [6.07, 6.45) is 2.56. The van der Waals surface area contributed by atoms with Crippen molar-refractivity contribution in [3.05, 3.63) is 18.0 Å². The monoisotopic (exact) mass is 266 g/mol. The van der Waals surface area contributed by atoms with Gasteiger partial charge < -0.3 is 15.4 Å². The third kappa shape index (κ3) is 3.54. The molecule has 0 spiro atoms. The maximum absolute atomic E-state index is 12.1. The molecule has 2 N–H and O–H groups in total. The van der Waals surface area contributed by atoms with Crippen molar-refractivity contribution in [3.63, 3.8) is 0 Å². The summed E-state index contributed by atoms with van der Waals surface area (Å²) in [5, 5.41) is 10.4. The summed E-state index contributed by atoms with van der Waals surface area (Å²) in [5.74, 6) is -0.00268. The molecule has 0 radical (unpaired) electrons. The molecule has 0 bridgehead atoms. The van der Waals surface area contributed by atoms with E-state index >= 15 is 0 Å². The largest absolute Gasteiger partial charge is 0.379 e. The van der Waals surface area contributed by atoms with Gasteiger partial charge in [-0.2, -0.15) is 5.10 Å². The number of carbonyl (C=O) groups excluding carboxylic acids is 1. The van der Waals surface area contributed by atoms with E-state index in [-0.39, 0.29) is 17.9 Å². The maximum atomic E-state index is 12.1. The van der Waals surface area contributed by atoms with Crippen LogP contribution < -0.4 is 10.6 Å². The summed E-state index contributed by atoms with van der Waals surface area (Å²) in [7, 11) is 1.91. The average Bonchev–Trinajstić information content (AvgIpc) is 3.00. The molecule has 6 heteroatoms. The highest BCUT2D eigenvalue weighted by molar-refractivity contribution is 5.79. The Morgan fingerprint density at radius 3 is 3.11 bits per heavy atom. The fourth-order valence-electron chi connectivity index (χ4n) is 2.37. The summed E-state index contributed by atoms with van der Waals surface area (Å²) in [6, 6.07) is 2.11. The molecule has 2 atom stereocenters. The van der Waals surface area contributed by atoms with Gasteiger partial charge in [0.2, 0.25) is 5.91 Å². The summed E-state index contributed by atoms with van der Waals surface area (Å²) in [6.45, 7) is 4.65. The van der Waals surface area contributed by atoms with Crippen LogP contribution >= 0.6 is 0 Å². The van der Waals surface area contributed by atoms with Crippen LogP contribution in [0, 0.1) is 5.92 Å². The zero-order chi connectivity index (χ0) is 13.7. The summed E-state index contributed by atoms with van der Waals surface area (Å²) in [4.78, 5) is 12.1. The van der Waals surface area contributed by atoms with Crippen molar-refractivity contribution < 1.29 is 9.53 Å². The molecule has 2 unspecified atom stereocenters. The lowest BCUT2D eigenvalue weighted by Gasteiger charge is -2.17. The Bertz CT molecular complexity index is 419. The van der Waals surface area contributed by atoms with Crippen molar-refractivity contribution in [1.82, 2.24) is 20.4 Å². The van der Waals surface area contributed by atoms with Gasteiger partial charge in [0, 0.05) is 37.9 Å². The average molecular weight is 266 g/mol. The van der Waals surface area contributed by atoms with E-state index in [0.29, 0.717) is 19.8 Å². The fourth-order valence-corrected chi connectivity index (χ4v) is 2.37. The Morgan fingerprint density at radius 2 is 2.42 bits per heavy atom. The van der Waals surface area contributed by atoms with Gasteiger partial charge in [0.1, 0.15) is 0 Å². The number of rotatable bonds is 6. The number of carbonyl (C=O) groups is 1. The molecule has 1 aliphatic heterocycles. The van der Waals surface area contributed by atoms with E-state index in [9.17, 15) is 4.79 Å². The fraction of sp³-hybridized carbons (Fsp3) is 0.692. The molecule has 106 valence electrons. The lowest BCUT2D eigenvalue weighted by Crippen LogP contribution is -2.44. The Kier molecular flexibility index (Phi) is 4.93. The molecule has 2 rings (SSSR count). The Hall–Kier alpha value is -1.40. The van der Waals surface area contributed by atoms with E-state index in [2.05, 4.69) is 15.7 Å². The number of aryl methyl sites for hydroxylation is 1. The van der Waals surface area contributed by atoms with E-state index in [1.54, 1.807) is 6.20 Å². The van der Waals surface area contributed by atoms with Crippen LogP contribution in [-0.2, 0) is 23.0 Å². The van der Waals surface area contributed by atoms with Gasteiger partial charge >= 0.3 is 0 Å². The Morgan fingerprint density at radius 1 is 1.58 bits per heavy atom. The van der Waals surface area contributed by atoms with Crippen molar-refractivity contribution in [3.8, 4) is 0 Å². The molecule has 1 aromatic rings. The van der Waals surface area contributed by atoms with Crippen LogP contribution in [0.4, 0.5) is 0 Å². The van der Waals surface area contributed by atoms with Gasteiger partial charge in [-0.1, -0.05) is 6.92 Å². The number of nitrogens with zero attached hydrogens (tertiary/aromatic N) is 2. The SMILES string of the molecule is CCNC1COCC1C(=O)NCCc1ccnn1C. The topological polar surface area (TPSA) is 68.2 Å². The van der Waals surface area contributed by atoms with E-state index < -0.39 is 0 Å². The molecule has 2 heterocycles. The van der Waals surface area contributed by atoms with Gasteiger partial charge in [-0.15, -0.1) is 0 Å². The molecule has 19 heavy (non-hydrogen) atoms. The highest BCUT2D eigenvalue weighted by Crippen LogP contribution is 2.13. The van der Waals surface area contributed by atoms with E-state index in [0.717, 1.165) is 18.7 Å². The van der Waals surface area contributed by atoms with Crippen LogP contribution in [0.15, 0.2) is 12.3 Å². The zero-order valence-electron chi connectivity index (χ0n) is 11.6. The molecule has 1 aromatic heterocycles. The van der Waals surface area contributed by atoms with Crippen molar-refractivity contribution in [2.24, 2.45) is 13.0 Å². The highest BCUT2D eigenvalue weighted by Gasteiger charge is 2.33. The normalized spacial score (nSPS) is 22.6. The van der Waals surface area contributed by atoms with Crippen molar-refractivity contribution >= 4 is 5.91 Å². The molecular weight excluding hydrogens is 244 g/mol. The van der Waals surface area contributed by atoms with Gasteiger partial charge in [0.25, 0.3) is 0 Å². The van der Waals surface area contributed by atoms with Gasteiger partial charge in [-0.3, -0.25) is 9.48 Å². The first-order valence-corrected chi connectivity index (χ1v) is 6.78.